The largest absolute Gasteiger partial charge is 0.359 e. The molecular formula is C25H20FN5. The molecule has 152 valence electrons. The Morgan fingerprint density at radius 1 is 1.10 bits per heavy atom. The van der Waals surface area contributed by atoms with Crippen molar-refractivity contribution in [3.63, 3.8) is 0 Å². The van der Waals surface area contributed by atoms with Gasteiger partial charge in [0, 0.05) is 40.7 Å². The zero-order chi connectivity index (χ0) is 21.5. The summed E-state index contributed by atoms with van der Waals surface area (Å²) in [5.74, 6) is 2.44. The molecule has 0 aliphatic heterocycles. The third-order valence-corrected chi connectivity index (χ3v) is 5.70. The van der Waals surface area contributed by atoms with Crippen molar-refractivity contribution in [1.82, 2.24) is 19.7 Å². The van der Waals surface area contributed by atoms with E-state index in [-0.39, 0.29) is 5.82 Å². The van der Waals surface area contributed by atoms with Crippen LogP contribution in [0, 0.1) is 31.6 Å². The van der Waals surface area contributed by atoms with E-state index in [1.807, 2.05) is 42.0 Å². The molecular weight excluding hydrogens is 389 g/mol. The van der Waals surface area contributed by atoms with Crippen molar-refractivity contribution >= 4 is 21.9 Å². The number of halogens is 1. The van der Waals surface area contributed by atoms with Gasteiger partial charge in [0.15, 0.2) is 0 Å². The number of nitrogens with zero attached hydrogens (tertiary/aromatic N) is 3. The second-order valence-electron chi connectivity index (χ2n) is 7.54. The van der Waals surface area contributed by atoms with Crippen molar-refractivity contribution < 1.29 is 4.39 Å². The lowest BCUT2D eigenvalue weighted by Gasteiger charge is -2.12. The fraction of sp³-hybridized carbons (Fsp3) is 0.120. The van der Waals surface area contributed by atoms with Crippen molar-refractivity contribution in [3.8, 4) is 28.8 Å². The summed E-state index contributed by atoms with van der Waals surface area (Å²) in [4.78, 5) is 4.61. The van der Waals surface area contributed by atoms with Crippen LogP contribution in [0.4, 0.5) is 4.39 Å². The SMILES string of the molecule is Cc1ccc2[nH]ncc2c1-c1c(C)n(-c2ccc(CC#CN)cc2F)c2ncccc12. The topological polar surface area (TPSA) is 72.5 Å². The first-order valence-electron chi connectivity index (χ1n) is 9.96. The molecule has 0 bridgehead atoms. The zero-order valence-corrected chi connectivity index (χ0v) is 17.2. The van der Waals surface area contributed by atoms with E-state index in [0.29, 0.717) is 17.8 Å². The Bertz CT molecular complexity index is 1510. The normalized spacial score (nSPS) is 11.1. The van der Waals surface area contributed by atoms with Gasteiger partial charge in [-0.15, -0.1) is 0 Å². The van der Waals surface area contributed by atoms with Crippen LogP contribution in [0.15, 0.2) is 54.9 Å². The summed E-state index contributed by atoms with van der Waals surface area (Å²) < 4.78 is 17.1. The Morgan fingerprint density at radius 2 is 1.97 bits per heavy atom. The smallest absolute Gasteiger partial charge is 0.147 e. The molecule has 3 aromatic heterocycles. The van der Waals surface area contributed by atoms with Crippen molar-refractivity contribution in [2.45, 2.75) is 20.3 Å². The summed E-state index contributed by atoms with van der Waals surface area (Å²) >= 11 is 0. The molecule has 0 amide bonds. The molecule has 0 atom stereocenters. The summed E-state index contributed by atoms with van der Waals surface area (Å²) in [6.07, 6.45) is 3.98. The third-order valence-electron chi connectivity index (χ3n) is 5.70. The lowest BCUT2D eigenvalue weighted by atomic mass is 9.95. The Balaban J connectivity index is 1.81. The first-order chi connectivity index (χ1) is 15.1. The van der Waals surface area contributed by atoms with Gasteiger partial charge < -0.3 is 5.73 Å². The van der Waals surface area contributed by atoms with Crippen LogP contribution in [-0.4, -0.2) is 19.7 Å². The van der Waals surface area contributed by atoms with Gasteiger partial charge in [-0.25, -0.2) is 9.37 Å². The van der Waals surface area contributed by atoms with Gasteiger partial charge >= 0.3 is 0 Å². The molecule has 0 aliphatic rings. The predicted molar refractivity (Wildman–Crippen MR) is 121 cm³/mol. The number of hydrogen-bond acceptors (Lipinski definition) is 3. The molecule has 5 rings (SSSR count). The highest BCUT2D eigenvalue weighted by Gasteiger charge is 2.22. The summed E-state index contributed by atoms with van der Waals surface area (Å²) in [5, 5.41) is 9.26. The lowest BCUT2D eigenvalue weighted by Crippen LogP contribution is -2.02. The van der Waals surface area contributed by atoms with Crippen molar-refractivity contribution in [1.29, 1.82) is 0 Å². The van der Waals surface area contributed by atoms with Crippen LogP contribution in [0.25, 0.3) is 38.8 Å². The maximum atomic E-state index is 15.2. The van der Waals surface area contributed by atoms with Gasteiger partial charge in [0.05, 0.1) is 17.4 Å². The van der Waals surface area contributed by atoms with E-state index in [1.165, 1.54) is 6.07 Å². The molecule has 31 heavy (non-hydrogen) atoms. The highest BCUT2D eigenvalue weighted by Crippen LogP contribution is 2.40. The first kappa shape index (κ1) is 18.9. The van der Waals surface area contributed by atoms with E-state index in [2.05, 4.69) is 40.1 Å². The maximum absolute atomic E-state index is 15.2. The predicted octanol–water partition coefficient (Wildman–Crippen LogP) is 4.79. The van der Waals surface area contributed by atoms with Crippen LogP contribution in [0.1, 0.15) is 16.8 Å². The van der Waals surface area contributed by atoms with Crippen LogP contribution >= 0.6 is 0 Å². The second kappa shape index (κ2) is 7.29. The number of fused-ring (bicyclic) bond motifs is 2. The number of rotatable bonds is 3. The molecule has 0 saturated carbocycles. The zero-order valence-electron chi connectivity index (χ0n) is 17.2. The molecule has 2 aromatic carbocycles. The van der Waals surface area contributed by atoms with Gasteiger partial charge in [-0.1, -0.05) is 18.1 Å². The van der Waals surface area contributed by atoms with E-state index >= 15 is 4.39 Å². The minimum Gasteiger partial charge on any atom is -0.359 e. The molecule has 3 heterocycles. The molecule has 0 saturated heterocycles. The van der Waals surface area contributed by atoms with Crippen LogP contribution < -0.4 is 5.73 Å². The molecule has 3 N–H and O–H groups in total. The quantitative estimate of drug-likeness (QED) is 0.333. The molecule has 6 heteroatoms. The Morgan fingerprint density at radius 3 is 2.77 bits per heavy atom. The number of aromatic amines is 1. The minimum absolute atomic E-state index is 0.327. The Hall–Kier alpha value is -4.11. The van der Waals surface area contributed by atoms with Gasteiger partial charge in [-0.05, 0) is 60.9 Å². The van der Waals surface area contributed by atoms with Gasteiger partial charge in [0.1, 0.15) is 11.5 Å². The standard InChI is InChI=1S/C25H20FN5/c1-15-7-9-21-19(14-29-30-21)23(15)24-16(2)31(25-18(24)6-4-12-28-25)22-10-8-17(5-3-11-27)13-20(22)26/h4,6-10,12-14H,5,27H2,1-2H3,(H,29,30). The fourth-order valence-corrected chi connectivity index (χ4v) is 4.30. The number of benzene rings is 2. The van der Waals surface area contributed by atoms with Crippen molar-refractivity contribution in [3.05, 3.63) is 77.5 Å². The summed E-state index contributed by atoms with van der Waals surface area (Å²) in [6.45, 7) is 4.08. The van der Waals surface area contributed by atoms with Crippen LogP contribution in [0.3, 0.4) is 0 Å². The van der Waals surface area contributed by atoms with E-state index in [1.54, 1.807) is 12.3 Å². The molecule has 0 unspecified atom stereocenters. The van der Waals surface area contributed by atoms with Crippen molar-refractivity contribution in [2.24, 2.45) is 5.73 Å². The number of nitrogens with one attached hydrogen (secondary N) is 1. The van der Waals surface area contributed by atoms with Crippen LogP contribution in [0.5, 0.6) is 0 Å². The third kappa shape index (κ3) is 2.94. The number of aryl methyl sites for hydroxylation is 1. The van der Waals surface area contributed by atoms with Gasteiger partial charge in [-0.2, -0.15) is 5.10 Å². The Labute approximate surface area is 178 Å². The van der Waals surface area contributed by atoms with Gasteiger partial charge in [-0.3, -0.25) is 9.67 Å². The highest BCUT2D eigenvalue weighted by molar-refractivity contribution is 6.06. The molecule has 0 aliphatic carbocycles. The molecule has 5 nitrogen and oxygen atoms in total. The monoisotopic (exact) mass is 409 g/mol. The maximum Gasteiger partial charge on any atom is 0.147 e. The number of aromatic nitrogens is 4. The number of nitrogens with two attached hydrogens (primary N) is 1. The fourth-order valence-electron chi connectivity index (χ4n) is 4.30. The number of H-pyrrole nitrogens is 1. The van der Waals surface area contributed by atoms with Gasteiger partial charge in [0.25, 0.3) is 0 Å². The number of hydrogen-bond donors (Lipinski definition) is 2. The lowest BCUT2D eigenvalue weighted by molar-refractivity contribution is 0.616. The highest BCUT2D eigenvalue weighted by atomic mass is 19.1. The van der Waals surface area contributed by atoms with E-state index in [4.69, 9.17) is 5.73 Å². The molecule has 0 radical (unpaired) electrons. The summed E-state index contributed by atoms with van der Waals surface area (Å²) in [6, 6.07) is 15.6. The molecule has 0 spiro atoms. The summed E-state index contributed by atoms with van der Waals surface area (Å²) in [5.41, 5.74) is 12.3. The van der Waals surface area contributed by atoms with Crippen LogP contribution in [0.2, 0.25) is 0 Å². The van der Waals surface area contributed by atoms with Gasteiger partial charge in [0.2, 0.25) is 0 Å². The van der Waals surface area contributed by atoms with E-state index in [0.717, 1.165) is 44.2 Å². The van der Waals surface area contributed by atoms with E-state index < -0.39 is 0 Å². The molecule has 5 aromatic rings. The minimum atomic E-state index is -0.327. The number of pyridine rings is 1. The van der Waals surface area contributed by atoms with Crippen LogP contribution in [-0.2, 0) is 6.42 Å². The van der Waals surface area contributed by atoms with E-state index in [9.17, 15) is 0 Å². The molecule has 0 fully saturated rings. The summed E-state index contributed by atoms with van der Waals surface area (Å²) in [7, 11) is 0. The first-order valence-corrected chi connectivity index (χ1v) is 9.96. The second-order valence-corrected chi connectivity index (χ2v) is 7.54. The Kier molecular flexibility index (Phi) is 4.45. The average molecular weight is 409 g/mol. The van der Waals surface area contributed by atoms with Crippen molar-refractivity contribution in [2.75, 3.05) is 0 Å². The average Bonchev–Trinajstić information content (AvgIpc) is 3.35.